The summed E-state index contributed by atoms with van der Waals surface area (Å²) < 4.78 is 6.53. The summed E-state index contributed by atoms with van der Waals surface area (Å²) in [5.74, 6) is 1.22. The first-order valence-electron chi connectivity index (χ1n) is 7.53. The van der Waals surface area contributed by atoms with Gasteiger partial charge in [-0.25, -0.2) is 0 Å². The molecular formula is C16H26BrNO3. The third kappa shape index (κ3) is 8.41. The maximum absolute atomic E-state index is 9.89. The van der Waals surface area contributed by atoms with Gasteiger partial charge in [-0.05, 0) is 49.6 Å². The molecule has 0 saturated heterocycles. The summed E-state index contributed by atoms with van der Waals surface area (Å²) in [4.78, 5) is 0. The van der Waals surface area contributed by atoms with Crippen LogP contribution in [0.5, 0.6) is 5.75 Å². The minimum Gasteiger partial charge on any atom is -0.491 e. The molecule has 120 valence electrons. The zero-order valence-corrected chi connectivity index (χ0v) is 14.2. The summed E-state index contributed by atoms with van der Waals surface area (Å²) in [7, 11) is 0. The fourth-order valence-corrected chi connectivity index (χ4v) is 2.44. The Morgan fingerprint density at radius 2 is 1.90 bits per heavy atom. The molecule has 0 aromatic heterocycles. The average Bonchev–Trinajstić information content (AvgIpc) is 2.47. The Bertz CT molecular complexity index is 366. The zero-order valence-electron chi connectivity index (χ0n) is 12.6. The van der Waals surface area contributed by atoms with Crippen LogP contribution in [0.4, 0.5) is 0 Å². The molecule has 2 atom stereocenters. The topological polar surface area (TPSA) is 61.7 Å². The van der Waals surface area contributed by atoms with Gasteiger partial charge in [0, 0.05) is 17.6 Å². The molecule has 1 aromatic rings. The van der Waals surface area contributed by atoms with E-state index < -0.39 is 6.10 Å². The van der Waals surface area contributed by atoms with Crippen molar-refractivity contribution in [1.82, 2.24) is 5.32 Å². The van der Waals surface area contributed by atoms with Crippen LogP contribution in [-0.4, -0.2) is 42.6 Å². The van der Waals surface area contributed by atoms with E-state index in [9.17, 15) is 5.11 Å². The lowest BCUT2D eigenvalue weighted by Crippen LogP contribution is -2.34. The fourth-order valence-electron chi connectivity index (χ4n) is 2.18. The van der Waals surface area contributed by atoms with E-state index in [2.05, 4.69) is 28.2 Å². The maximum Gasteiger partial charge on any atom is 0.119 e. The minimum absolute atomic E-state index is 0.224. The van der Waals surface area contributed by atoms with Crippen LogP contribution in [0.2, 0.25) is 0 Å². The highest BCUT2D eigenvalue weighted by molar-refractivity contribution is 9.10. The third-order valence-electron chi connectivity index (χ3n) is 3.30. The molecule has 4 nitrogen and oxygen atoms in total. The van der Waals surface area contributed by atoms with Crippen LogP contribution in [-0.2, 0) is 0 Å². The Morgan fingerprint density at radius 1 is 1.19 bits per heavy atom. The van der Waals surface area contributed by atoms with Gasteiger partial charge in [0.2, 0.25) is 0 Å². The number of ether oxygens (including phenoxy) is 1. The highest BCUT2D eigenvalue weighted by atomic mass is 79.9. The molecule has 0 saturated carbocycles. The molecular weight excluding hydrogens is 334 g/mol. The molecule has 0 aliphatic carbocycles. The van der Waals surface area contributed by atoms with Crippen molar-refractivity contribution in [2.24, 2.45) is 5.92 Å². The van der Waals surface area contributed by atoms with E-state index in [0.717, 1.165) is 36.0 Å². The van der Waals surface area contributed by atoms with Crippen LogP contribution < -0.4 is 10.1 Å². The van der Waals surface area contributed by atoms with Crippen molar-refractivity contribution >= 4 is 15.9 Å². The number of benzene rings is 1. The molecule has 5 heteroatoms. The summed E-state index contributed by atoms with van der Waals surface area (Å²) >= 11 is 3.37. The molecule has 21 heavy (non-hydrogen) atoms. The molecule has 0 bridgehead atoms. The third-order valence-corrected chi connectivity index (χ3v) is 3.83. The van der Waals surface area contributed by atoms with Gasteiger partial charge in [-0.15, -0.1) is 0 Å². The summed E-state index contributed by atoms with van der Waals surface area (Å²) in [5, 5.41) is 22.1. The van der Waals surface area contributed by atoms with Gasteiger partial charge in [0.1, 0.15) is 18.5 Å². The van der Waals surface area contributed by atoms with Gasteiger partial charge in [-0.3, -0.25) is 0 Å². The van der Waals surface area contributed by atoms with Crippen molar-refractivity contribution in [3.05, 3.63) is 28.7 Å². The number of halogens is 1. The average molecular weight is 360 g/mol. The standard InChI is InChI=1S/C16H26BrNO3/c1-2-3-13(8-9-19)10-18-11-15(20)12-21-16-6-4-14(17)5-7-16/h4-7,13,15,18-20H,2-3,8-12H2,1H3. The van der Waals surface area contributed by atoms with Crippen LogP contribution >= 0.6 is 15.9 Å². The van der Waals surface area contributed by atoms with Crippen LogP contribution in [0.1, 0.15) is 26.2 Å². The molecule has 0 radical (unpaired) electrons. The molecule has 0 heterocycles. The Labute approximate surface area is 135 Å². The lowest BCUT2D eigenvalue weighted by atomic mass is 10.0. The highest BCUT2D eigenvalue weighted by Crippen LogP contribution is 2.16. The Morgan fingerprint density at radius 3 is 2.52 bits per heavy atom. The van der Waals surface area contributed by atoms with Crippen LogP contribution in [0.15, 0.2) is 28.7 Å². The van der Waals surface area contributed by atoms with Gasteiger partial charge in [-0.1, -0.05) is 29.3 Å². The molecule has 1 rings (SSSR count). The number of rotatable bonds is 11. The summed E-state index contributed by atoms with van der Waals surface area (Å²) in [6, 6.07) is 7.54. The van der Waals surface area contributed by atoms with Crippen LogP contribution in [0.3, 0.4) is 0 Å². The van der Waals surface area contributed by atoms with Crippen molar-refractivity contribution in [2.75, 3.05) is 26.3 Å². The number of hydrogen-bond donors (Lipinski definition) is 3. The largest absolute Gasteiger partial charge is 0.491 e. The van der Waals surface area contributed by atoms with Gasteiger partial charge in [0.05, 0.1) is 0 Å². The number of nitrogens with one attached hydrogen (secondary N) is 1. The van der Waals surface area contributed by atoms with E-state index in [1.54, 1.807) is 0 Å². The van der Waals surface area contributed by atoms with Crippen molar-refractivity contribution in [1.29, 1.82) is 0 Å². The van der Waals surface area contributed by atoms with E-state index in [1.165, 1.54) is 0 Å². The predicted octanol–water partition coefficient (Wildman–Crippen LogP) is 2.58. The summed E-state index contributed by atoms with van der Waals surface area (Å²) in [6.07, 6.45) is 2.48. The smallest absolute Gasteiger partial charge is 0.119 e. The molecule has 1 aromatic carbocycles. The van der Waals surface area contributed by atoms with Crippen molar-refractivity contribution in [2.45, 2.75) is 32.3 Å². The van der Waals surface area contributed by atoms with Gasteiger partial charge in [0.25, 0.3) is 0 Å². The van der Waals surface area contributed by atoms with E-state index >= 15 is 0 Å². The molecule has 0 amide bonds. The summed E-state index contributed by atoms with van der Waals surface area (Å²) in [6.45, 7) is 3.96. The second-order valence-electron chi connectivity index (χ2n) is 5.24. The quantitative estimate of drug-likeness (QED) is 0.568. The van der Waals surface area contributed by atoms with Crippen molar-refractivity contribution in [3.8, 4) is 5.75 Å². The SMILES string of the molecule is CCCC(CCO)CNCC(O)COc1ccc(Br)cc1. The van der Waals surface area contributed by atoms with Gasteiger partial charge >= 0.3 is 0 Å². The fraction of sp³-hybridized carbons (Fsp3) is 0.625. The molecule has 2 unspecified atom stereocenters. The number of aliphatic hydroxyl groups excluding tert-OH is 2. The Hall–Kier alpha value is -0.620. The first-order valence-corrected chi connectivity index (χ1v) is 8.33. The number of aliphatic hydroxyl groups is 2. The molecule has 0 spiro atoms. The highest BCUT2D eigenvalue weighted by Gasteiger charge is 2.09. The van der Waals surface area contributed by atoms with Crippen molar-refractivity contribution in [3.63, 3.8) is 0 Å². The summed E-state index contributed by atoms with van der Waals surface area (Å²) in [5.41, 5.74) is 0. The second-order valence-corrected chi connectivity index (χ2v) is 6.16. The van der Waals surface area contributed by atoms with E-state index in [0.29, 0.717) is 12.5 Å². The van der Waals surface area contributed by atoms with Gasteiger partial charge in [-0.2, -0.15) is 0 Å². The lowest BCUT2D eigenvalue weighted by Gasteiger charge is -2.18. The second kappa shape index (κ2) is 11.0. The maximum atomic E-state index is 9.89. The monoisotopic (exact) mass is 359 g/mol. The van der Waals surface area contributed by atoms with E-state index in [4.69, 9.17) is 9.84 Å². The zero-order chi connectivity index (χ0) is 15.5. The lowest BCUT2D eigenvalue weighted by molar-refractivity contribution is 0.105. The van der Waals surface area contributed by atoms with Gasteiger partial charge in [0.15, 0.2) is 0 Å². The molecule has 0 aliphatic heterocycles. The van der Waals surface area contributed by atoms with Crippen LogP contribution in [0.25, 0.3) is 0 Å². The van der Waals surface area contributed by atoms with E-state index in [-0.39, 0.29) is 13.2 Å². The normalized spacial score (nSPS) is 13.9. The molecule has 3 N–H and O–H groups in total. The van der Waals surface area contributed by atoms with E-state index in [1.807, 2.05) is 24.3 Å². The van der Waals surface area contributed by atoms with Crippen molar-refractivity contribution < 1.29 is 14.9 Å². The first kappa shape index (κ1) is 18.4. The minimum atomic E-state index is -0.537. The Kier molecular flexibility index (Phi) is 9.67. The number of hydrogen-bond acceptors (Lipinski definition) is 4. The first-order chi connectivity index (χ1) is 10.2. The molecule has 0 aliphatic rings. The Balaban J connectivity index is 2.18. The molecule has 0 fully saturated rings. The van der Waals surface area contributed by atoms with Gasteiger partial charge < -0.3 is 20.3 Å². The van der Waals surface area contributed by atoms with Crippen LogP contribution in [0, 0.1) is 5.92 Å². The predicted molar refractivity (Wildman–Crippen MR) is 88.6 cm³/mol.